The van der Waals surface area contributed by atoms with E-state index in [1.807, 2.05) is 17.0 Å². The Morgan fingerprint density at radius 3 is 2.34 bits per heavy atom. The van der Waals surface area contributed by atoms with E-state index in [0.29, 0.717) is 18.4 Å². The van der Waals surface area contributed by atoms with Crippen LogP contribution in [0.4, 0.5) is 5.69 Å². The first-order chi connectivity index (χ1) is 13.8. The van der Waals surface area contributed by atoms with Crippen molar-refractivity contribution in [2.24, 2.45) is 29.1 Å². The van der Waals surface area contributed by atoms with Gasteiger partial charge in [-0.2, -0.15) is 0 Å². The Hall–Kier alpha value is -1.84. The number of aryl methyl sites for hydroxylation is 1. The molecule has 5 aliphatic rings. The average Bonchev–Trinajstić information content (AvgIpc) is 3.04. The molecule has 0 aromatic heterocycles. The molecule has 2 amide bonds. The van der Waals surface area contributed by atoms with Crippen LogP contribution in [0, 0.1) is 42.9 Å². The maximum absolute atomic E-state index is 13.1. The van der Waals surface area contributed by atoms with Crippen LogP contribution in [0.1, 0.15) is 63.0 Å². The highest BCUT2D eigenvalue weighted by Gasteiger charge is 2.53. The smallest absolute Gasteiger partial charge is 0.227 e. The van der Waals surface area contributed by atoms with Crippen LogP contribution in [0.15, 0.2) is 18.2 Å². The summed E-state index contributed by atoms with van der Waals surface area (Å²) in [4.78, 5) is 27.7. The maximum Gasteiger partial charge on any atom is 0.227 e. The third-order valence-electron chi connectivity index (χ3n) is 8.73. The predicted octanol–water partition coefficient (Wildman–Crippen LogP) is 4.38. The molecule has 29 heavy (non-hydrogen) atoms. The minimum Gasteiger partial charge on any atom is -0.353 e. The number of carbonyl (C=O) groups excluding carboxylic acids is 2. The zero-order valence-corrected chi connectivity index (χ0v) is 18.0. The van der Waals surface area contributed by atoms with Gasteiger partial charge in [0.25, 0.3) is 0 Å². The third-order valence-corrected chi connectivity index (χ3v) is 8.73. The van der Waals surface area contributed by atoms with E-state index in [9.17, 15) is 9.59 Å². The van der Waals surface area contributed by atoms with Gasteiger partial charge >= 0.3 is 0 Å². The summed E-state index contributed by atoms with van der Waals surface area (Å²) in [5.74, 6) is 2.56. The highest BCUT2D eigenvalue weighted by atomic mass is 16.2. The Morgan fingerprint density at radius 1 is 1.10 bits per heavy atom. The van der Waals surface area contributed by atoms with Crippen molar-refractivity contribution < 1.29 is 9.59 Å². The number of nitrogens with zero attached hydrogens (tertiary/aromatic N) is 1. The molecule has 4 saturated carbocycles. The van der Waals surface area contributed by atoms with Crippen LogP contribution >= 0.6 is 0 Å². The number of hydrogen-bond donors (Lipinski definition) is 1. The molecule has 4 bridgehead atoms. The average molecular weight is 395 g/mol. The second-order valence-electron chi connectivity index (χ2n) is 10.6. The lowest BCUT2D eigenvalue weighted by Gasteiger charge is -2.59. The molecule has 1 aromatic carbocycles. The zero-order chi connectivity index (χ0) is 20.3. The fourth-order valence-electron chi connectivity index (χ4n) is 7.34. The van der Waals surface area contributed by atoms with Gasteiger partial charge in [0, 0.05) is 24.7 Å². The van der Waals surface area contributed by atoms with Gasteiger partial charge in [0.2, 0.25) is 11.8 Å². The largest absolute Gasteiger partial charge is 0.353 e. The van der Waals surface area contributed by atoms with Gasteiger partial charge in [0.1, 0.15) is 0 Å². The van der Waals surface area contributed by atoms with Crippen LogP contribution in [0.5, 0.6) is 0 Å². The zero-order valence-electron chi connectivity index (χ0n) is 18.0. The van der Waals surface area contributed by atoms with Crippen molar-refractivity contribution in [2.75, 3.05) is 11.4 Å². The first kappa shape index (κ1) is 19.1. The second-order valence-corrected chi connectivity index (χ2v) is 10.6. The van der Waals surface area contributed by atoms with Gasteiger partial charge in [0.15, 0.2) is 0 Å². The Kier molecular flexibility index (Phi) is 4.52. The molecule has 4 aliphatic carbocycles. The van der Waals surface area contributed by atoms with E-state index in [1.54, 1.807) is 0 Å². The van der Waals surface area contributed by atoms with Crippen molar-refractivity contribution in [3.63, 3.8) is 0 Å². The molecule has 1 aromatic rings. The Bertz CT molecular complexity index is 810. The van der Waals surface area contributed by atoms with Gasteiger partial charge in [-0.25, -0.2) is 0 Å². The molecular weight excluding hydrogens is 360 g/mol. The number of rotatable bonds is 4. The number of carbonyl (C=O) groups is 2. The maximum atomic E-state index is 13.1. The molecule has 1 aliphatic heterocycles. The summed E-state index contributed by atoms with van der Waals surface area (Å²) in [6.45, 7) is 6.85. The number of benzene rings is 1. The van der Waals surface area contributed by atoms with Crippen molar-refractivity contribution >= 4 is 17.5 Å². The van der Waals surface area contributed by atoms with E-state index in [4.69, 9.17) is 0 Å². The van der Waals surface area contributed by atoms with Crippen LogP contribution in [0.2, 0.25) is 0 Å². The molecule has 1 heterocycles. The monoisotopic (exact) mass is 394 g/mol. The molecule has 4 heteroatoms. The summed E-state index contributed by atoms with van der Waals surface area (Å²) in [7, 11) is 0. The van der Waals surface area contributed by atoms with Crippen molar-refractivity contribution in [1.82, 2.24) is 5.32 Å². The molecule has 5 fully saturated rings. The number of anilines is 1. The van der Waals surface area contributed by atoms with Crippen LogP contribution in [0.3, 0.4) is 0 Å². The number of nitrogens with one attached hydrogen (secondary N) is 1. The third kappa shape index (κ3) is 3.19. The van der Waals surface area contributed by atoms with E-state index in [0.717, 1.165) is 29.0 Å². The number of amides is 2. The fourth-order valence-corrected chi connectivity index (χ4v) is 7.34. The molecular formula is C25H34N2O2. The molecule has 0 spiro atoms. The second kappa shape index (κ2) is 6.85. The minimum absolute atomic E-state index is 0.0707. The van der Waals surface area contributed by atoms with Crippen LogP contribution < -0.4 is 10.2 Å². The molecule has 0 radical (unpaired) electrons. The van der Waals surface area contributed by atoms with Crippen molar-refractivity contribution in [2.45, 2.75) is 71.8 Å². The van der Waals surface area contributed by atoms with Gasteiger partial charge < -0.3 is 10.2 Å². The first-order valence-corrected chi connectivity index (χ1v) is 11.5. The van der Waals surface area contributed by atoms with Gasteiger partial charge in [-0.15, -0.1) is 0 Å². The lowest BCUT2D eigenvalue weighted by atomic mass is 9.48. The molecule has 1 N–H and O–H groups in total. The summed E-state index contributed by atoms with van der Waals surface area (Å²) >= 11 is 0. The molecule has 156 valence electrons. The van der Waals surface area contributed by atoms with Crippen LogP contribution in [-0.2, 0) is 9.59 Å². The highest BCUT2D eigenvalue weighted by Crippen LogP contribution is 2.61. The van der Waals surface area contributed by atoms with Gasteiger partial charge in [-0.3, -0.25) is 9.59 Å². The van der Waals surface area contributed by atoms with E-state index < -0.39 is 0 Å². The lowest BCUT2D eigenvalue weighted by Crippen LogP contribution is -2.56. The minimum atomic E-state index is -0.237. The first-order valence-electron chi connectivity index (χ1n) is 11.5. The van der Waals surface area contributed by atoms with Crippen LogP contribution in [-0.4, -0.2) is 24.4 Å². The van der Waals surface area contributed by atoms with Crippen LogP contribution in [0.25, 0.3) is 0 Å². The van der Waals surface area contributed by atoms with Crippen molar-refractivity contribution in [1.29, 1.82) is 0 Å². The van der Waals surface area contributed by atoms with E-state index in [-0.39, 0.29) is 23.8 Å². The Labute approximate surface area is 174 Å². The fraction of sp³-hybridized carbons (Fsp3) is 0.680. The van der Waals surface area contributed by atoms with Gasteiger partial charge in [-0.05, 0) is 99.7 Å². The summed E-state index contributed by atoms with van der Waals surface area (Å²) in [5.41, 5.74) is 3.57. The highest BCUT2D eigenvalue weighted by molar-refractivity contribution is 6.01. The standard InChI is InChI=1S/C25H34N2O2/c1-15-5-4-6-22(16(15)2)27-14-21(10-23(27)28)24(29)26-17(3)25-11-18-7-19(12-25)9-20(8-18)13-25/h4-6,17-21H,7-14H2,1-3H3,(H,26,29)/t17-,18?,19?,20?,21-,25?/m0/s1. The Balaban J connectivity index is 1.27. The number of hydrogen-bond acceptors (Lipinski definition) is 2. The summed E-state index contributed by atoms with van der Waals surface area (Å²) in [6.07, 6.45) is 8.45. The SMILES string of the molecule is Cc1cccc(N2C[C@@H](C(=O)N[C@@H](C)C34CC5CC(CC(C5)C3)C4)CC2=O)c1C. The summed E-state index contributed by atoms with van der Waals surface area (Å²) < 4.78 is 0. The van der Waals surface area contributed by atoms with Gasteiger partial charge in [0.05, 0.1) is 5.92 Å². The van der Waals surface area contributed by atoms with E-state index in [1.165, 1.54) is 44.1 Å². The molecule has 0 unspecified atom stereocenters. The summed E-state index contributed by atoms with van der Waals surface area (Å²) in [6, 6.07) is 6.27. The van der Waals surface area contributed by atoms with E-state index >= 15 is 0 Å². The Morgan fingerprint density at radius 2 is 1.72 bits per heavy atom. The molecule has 6 rings (SSSR count). The molecule has 1 saturated heterocycles. The van der Waals surface area contributed by atoms with E-state index in [2.05, 4.69) is 32.2 Å². The summed E-state index contributed by atoms with van der Waals surface area (Å²) in [5, 5.41) is 3.38. The van der Waals surface area contributed by atoms with Crippen molar-refractivity contribution in [3.05, 3.63) is 29.3 Å². The van der Waals surface area contributed by atoms with Gasteiger partial charge in [-0.1, -0.05) is 12.1 Å². The van der Waals surface area contributed by atoms with Crippen molar-refractivity contribution in [3.8, 4) is 0 Å². The normalized spacial score (nSPS) is 36.5. The molecule has 2 atom stereocenters. The lowest BCUT2D eigenvalue weighted by molar-refractivity contribution is -0.130. The predicted molar refractivity (Wildman–Crippen MR) is 115 cm³/mol. The quantitative estimate of drug-likeness (QED) is 0.824. The topological polar surface area (TPSA) is 49.4 Å². The molecule has 4 nitrogen and oxygen atoms in total.